The number of amides is 2. The molecular weight excluding hydrogens is 338 g/mol. The highest BCUT2D eigenvalue weighted by molar-refractivity contribution is 7.10. The Balaban J connectivity index is 1.77. The fourth-order valence-electron chi connectivity index (χ4n) is 2.05. The number of hydrogen-bond donors (Lipinski definition) is 2. The van der Waals surface area contributed by atoms with Gasteiger partial charge < -0.3 is 10.1 Å². The smallest absolute Gasteiger partial charge is 0.245 e. The lowest BCUT2D eigenvalue weighted by atomic mass is 10.2. The molecule has 2 aromatic rings. The number of carbonyl (C=O) groups excluding carboxylic acids is 2. The van der Waals surface area contributed by atoms with Gasteiger partial charge in [0.1, 0.15) is 5.75 Å². The zero-order valence-corrected chi connectivity index (χ0v) is 15.1. The van der Waals surface area contributed by atoms with E-state index in [1.165, 1.54) is 11.3 Å². The van der Waals surface area contributed by atoms with E-state index in [-0.39, 0.29) is 24.7 Å². The van der Waals surface area contributed by atoms with Gasteiger partial charge in [0.2, 0.25) is 11.8 Å². The first kappa shape index (κ1) is 18.7. The van der Waals surface area contributed by atoms with E-state index in [0.717, 1.165) is 10.6 Å². The van der Waals surface area contributed by atoms with Crippen LogP contribution in [0.3, 0.4) is 0 Å². The zero-order valence-electron chi connectivity index (χ0n) is 14.2. The van der Waals surface area contributed by atoms with Gasteiger partial charge >= 0.3 is 0 Å². The molecule has 0 radical (unpaired) electrons. The average molecular weight is 359 g/mol. The summed E-state index contributed by atoms with van der Waals surface area (Å²) in [6.45, 7) is 4.21. The molecule has 2 N–H and O–H groups in total. The summed E-state index contributed by atoms with van der Waals surface area (Å²) in [5, 5.41) is 8.66. The van der Waals surface area contributed by atoms with Crippen LogP contribution < -0.4 is 15.5 Å². The number of nitrogens with zero attached hydrogens (tertiary/aromatic N) is 1. The van der Waals surface area contributed by atoms with Gasteiger partial charge in [0.15, 0.2) is 0 Å². The second kappa shape index (κ2) is 9.58. The number of anilines is 1. The van der Waals surface area contributed by atoms with Gasteiger partial charge in [-0.2, -0.15) is 5.10 Å². The van der Waals surface area contributed by atoms with E-state index in [0.29, 0.717) is 18.0 Å². The maximum absolute atomic E-state index is 12.0. The predicted octanol–water partition coefficient (Wildman–Crippen LogP) is 3.21. The van der Waals surface area contributed by atoms with Crippen molar-refractivity contribution in [3.63, 3.8) is 0 Å². The molecule has 2 rings (SSSR count). The number of rotatable bonds is 8. The van der Waals surface area contributed by atoms with Crippen LogP contribution in [0.2, 0.25) is 0 Å². The van der Waals surface area contributed by atoms with Crippen molar-refractivity contribution in [3.8, 4) is 5.75 Å². The number of thiophene rings is 1. The molecule has 0 spiro atoms. The molecule has 0 saturated heterocycles. The minimum absolute atomic E-state index is 0.104. The lowest BCUT2D eigenvalue weighted by Gasteiger charge is -2.07. The molecule has 132 valence electrons. The van der Waals surface area contributed by atoms with Crippen LogP contribution in [0.15, 0.2) is 46.9 Å². The molecule has 0 fully saturated rings. The number of nitrogens with one attached hydrogen (secondary N) is 2. The number of hydrazone groups is 1. The SMILES string of the molecule is CCOc1ccc(NC(=O)C/C(C)=N/NC(=O)Cc2cccs2)cc1. The molecular formula is C18H21N3O3S. The largest absolute Gasteiger partial charge is 0.494 e. The van der Waals surface area contributed by atoms with Gasteiger partial charge in [0.05, 0.1) is 19.4 Å². The molecule has 0 aliphatic heterocycles. The van der Waals surface area contributed by atoms with Crippen molar-refractivity contribution in [2.75, 3.05) is 11.9 Å². The summed E-state index contributed by atoms with van der Waals surface area (Å²) in [7, 11) is 0. The van der Waals surface area contributed by atoms with Crippen LogP contribution >= 0.6 is 11.3 Å². The molecule has 6 nitrogen and oxygen atoms in total. The highest BCUT2D eigenvalue weighted by Crippen LogP contribution is 2.15. The summed E-state index contributed by atoms with van der Waals surface area (Å²) >= 11 is 1.52. The molecule has 0 aliphatic carbocycles. The van der Waals surface area contributed by atoms with E-state index in [1.807, 2.05) is 24.4 Å². The minimum atomic E-state index is -0.200. The van der Waals surface area contributed by atoms with Crippen LogP contribution in [0.5, 0.6) is 5.75 Å². The Morgan fingerprint density at radius 1 is 1.16 bits per heavy atom. The molecule has 0 atom stereocenters. The summed E-state index contributed by atoms with van der Waals surface area (Å²) in [6, 6.07) is 10.9. The van der Waals surface area contributed by atoms with Crippen molar-refractivity contribution >= 4 is 34.6 Å². The van der Waals surface area contributed by atoms with E-state index in [2.05, 4.69) is 15.8 Å². The fraction of sp³-hybridized carbons (Fsp3) is 0.278. The standard InChI is InChI=1S/C18H21N3O3S/c1-3-24-15-8-6-14(7-9-15)19-17(22)11-13(2)20-21-18(23)12-16-5-4-10-25-16/h4-10H,3,11-12H2,1-2H3,(H,19,22)(H,21,23)/b20-13+. The van der Waals surface area contributed by atoms with Crippen molar-refractivity contribution in [1.29, 1.82) is 0 Å². The molecule has 0 aliphatic rings. The Labute approximate surface area is 150 Å². The summed E-state index contributed by atoms with van der Waals surface area (Å²) in [4.78, 5) is 24.7. The first-order valence-corrected chi connectivity index (χ1v) is 8.82. The van der Waals surface area contributed by atoms with Gasteiger partial charge in [-0.1, -0.05) is 6.07 Å². The van der Waals surface area contributed by atoms with Crippen molar-refractivity contribution in [2.24, 2.45) is 5.10 Å². The second-order valence-electron chi connectivity index (χ2n) is 5.32. The lowest BCUT2D eigenvalue weighted by Crippen LogP contribution is -2.22. The first-order chi connectivity index (χ1) is 12.1. The first-order valence-electron chi connectivity index (χ1n) is 7.94. The minimum Gasteiger partial charge on any atom is -0.494 e. The van der Waals surface area contributed by atoms with Gasteiger partial charge in [0, 0.05) is 16.3 Å². The van der Waals surface area contributed by atoms with Crippen LogP contribution in [0, 0.1) is 0 Å². The molecule has 1 aromatic carbocycles. The maximum atomic E-state index is 12.0. The highest BCUT2D eigenvalue weighted by Gasteiger charge is 2.07. The quantitative estimate of drug-likeness (QED) is 0.561. The average Bonchev–Trinajstić information content (AvgIpc) is 3.08. The van der Waals surface area contributed by atoms with Gasteiger partial charge in [-0.3, -0.25) is 9.59 Å². The third-order valence-corrected chi connectivity index (χ3v) is 4.03. The van der Waals surface area contributed by atoms with Crippen LogP contribution in [-0.2, 0) is 16.0 Å². The Morgan fingerprint density at radius 3 is 2.56 bits per heavy atom. The molecule has 1 heterocycles. The van der Waals surface area contributed by atoms with Crippen molar-refractivity contribution in [3.05, 3.63) is 46.7 Å². The van der Waals surface area contributed by atoms with Gasteiger partial charge in [0.25, 0.3) is 0 Å². The summed E-state index contributed by atoms with van der Waals surface area (Å²) < 4.78 is 5.35. The van der Waals surface area contributed by atoms with E-state index in [9.17, 15) is 9.59 Å². The van der Waals surface area contributed by atoms with E-state index in [4.69, 9.17) is 4.74 Å². The number of hydrogen-bond acceptors (Lipinski definition) is 5. The van der Waals surface area contributed by atoms with Gasteiger partial charge in [-0.25, -0.2) is 5.43 Å². The Hall–Kier alpha value is -2.67. The van der Waals surface area contributed by atoms with Crippen LogP contribution in [-0.4, -0.2) is 24.1 Å². The second-order valence-corrected chi connectivity index (χ2v) is 6.35. The molecule has 0 saturated carbocycles. The predicted molar refractivity (Wildman–Crippen MR) is 100 cm³/mol. The zero-order chi connectivity index (χ0) is 18.1. The number of benzene rings is 1. The van der Waals surface area contributed by atoms with E-state index >= 15 is 0 Å². The van der Waals surface area contributed by atoms with Crippen LogP contribution in [0.25, 0.3) is 0 Å². The molecule has 0 unspecified atom stereocenters. The molecule has 1 aromatic heterocycles. The van der Waals surface area contributed by atoms with Crippen LogP contribution in [0.1, 0.15) is 25.1 Å². The van der Waals surface area contributed by atoms with Gasteiger partial charge in [-0.05, 0) is 49.6 Å². The molecule has 2 amide bonds. The monoisotopic (exact) mass is 359 g/mol. The molecule has 25 heavy (non-hydrogen) atoms. The topological polar surface area (TPSA) is 79.8 Å². The van der Waals surface area contributed by atoms with Crippen LogP contribution in [0.4, 0.5) is 5.69 Å². The summed E-state index contributed by atoms with van der Waals surface area (Å²) in [6.07, 6.45) is 0.388. The van der Waals surface area contributed by atoms with E-state index in [1.54, 1.807) is 31.2 Å². The number of carbonyl (C=O) groups is 2. The summed E-state index contributed by atoms with van der Waals surface area (Å²) in [5.41, 5.74) is 3.68. The Bertz CT molecular complexity index is 725. The van der Waals surface area contributed by atoms with E-state index < -0.39 is 0 Å². The van der Waals surface area contributed by atoms with Crippen molar-refractivity contribution < 1.29 is 14.3 Å². The summed E-state index contributed by atoms with van der Waals surface area (Å²) in [5.74, 6) is 0.360. The molecule has 7 heteroatoms. The fourth-order valence-corrected chi connectivity index (χ4v) is 2.75. The maximum Gasteiger partial charge on any atom is 0.245 e. The number of ether oxygens (including phenoxy) is 1. The highest BCUT2D eigenvalue weighted by atomic mass is 32.1. The Morgan fingerprint density at radius 2 is 1.92 bits per heavy atom. The van der Waals surface area contributed by atoms with Crippen molar-refractivity contribution in [2.45, 2.75) is 26.7 Å². The van der Waals surface area contributed by atoms with Gasteiger partial charge in [-0.15, -0.1) is 11.3 Å². The normalized spacial score (nSPS) is 11.0. The lowest BCUT2D eigenvalue weighted by molar-refractivity contribution is -0.120. The Kier molecular flexibility index (Phi) is 7.16. The third kappa shape index (κ3) is 6.76. The molecule has 0 bridgehead atoms. The van der Waals surface area contributed by atoms with Crippen molar-refractivity contribution in [1.82, 2.24) is 5.43 Å². The third-order valence-electron chi connectivity index (χ3n) is 3.15.